The van der Waals surface area contributed by atoms with Crippen molar-refractivity contribution < 1.29 is 9.59 Å². The summed E-state index contributed by atoms with van der Waals surface area (Å²) in [4.78, 5) is 29.1. The molecule has 5 heteroatoms. The molecule has 132 valence electrons. The van der Waals surface area contributed by atoms with Gasteiger partial charge in [-0.25, -0.2) is 0 Å². The van der Waals surface area contributed by atoms with Gasteiger partial charge in [0.15, 0.2) is 0 Å². The van der Waals surface area contributed by atoms with E-state index in [4.69, 9.17) is 5.73 Å². The molecule has 5 nitrogen and oxygen atoms in total. The van der Waals surface area contributed by atoms with Crippen LogP contribution in [-0.4, -0.2) is 53.3 Å². The van der Waals surface area contributed by atoms with Gasteiger partial charge in [0.2, 0.25) is 11.8 Å². The Kier molecular flexibility index (Phi) is 6.06. The lowest BCUT2D eigenvalue weighted by atomic mass is 9.73. The van der Waals surface area contributed by atoms with Crippen molar-refractivity contribution in [2.24, 2.45) is 17.6 Å². The first-order chi connectivity index (χ1) is 10.9. The van der Waals surface area contributed by atoms with Crippen molar-refractivity contribution in [3.05, 3.63) is 0 Å². The molecule has 0 aromatic rings. The maximum absolute atomic E-state index is 12.8. The van der Waals surface area contributed by atoms with Gasteiger partial charge in [0.25, 0.3) is 0 Å². The Balaban J connectivity index is 1.91. The number of rotatable bonds is 4. The van der Waals surface area contributed by atoms with Crippen LogP contribution in [0.1, 0.15) is 59.3 Å². The number of nitrogens with zero attached hydrogens (tertiary/aromatic N) is 2. The minimum atomic E-state index is -0.372. The molecule has 2 rings (SSSR count). The minimum Gasteiger partial charge on any atom is -0.343 e. The van der Waals surface area contributed by atoms with Gasteiger partial charge in [-0.2, -0.15) is 0 Å². The van der Waals surface area contributed by atoms with Crippen molar-refractivity contribution in [2.75, 3.05) is 26.2 Å². The number of nitrogens with two attached hydrogens (primary N) is 1. The third-order valence-electron chi connectivity index (χ3n) is 5.78. The van der Waals surface area contributed by atoms with Crippen LogP contribution in [0.4, 0.5) is 0 Å². The fourth-order valence-corrected chi connectivity index (χ4v) is 4.12. The molecule has 1 heterocycles. The first-order valence-electron chi connectivity index (χ1n) is 9.27. The predicted molar refractivity (Wildman–Crippen MR) is 91.8 cm³/mol. The van der Waals surface area contributed by atoms with Gasteiger partial charge in [-0.05, 0) is 46.5 Å². The molecule has 0 aromatic carbocycles. The van der Waals surface area contributed by atoms with Crippen molar-refractivity contribution in [3.63, 3.8) is 0 Å². The zero-order valence-corrected chi connectivity index (χ0v) is 15.0. The van der Waals surface area contributed by atoms with Gasteiger partial charge in [0, 0.05) is 37.6 Å². The molecule has 1 aliphatic heterocycles. The number of hydrogen-bond acceptors (Lipinski definition) is 3. The van der Waals surface area contributed by atoms with Gasteiger partial charge >= 0.3 is 0 Å². The van der Waals surface area contributed by atoms with Crippen LogP contribution in [0.15, 0.2) is 0 Å². The Labute approximate surface area is 140 Å². The van der Waals surface area contributed by atoms with E-state index in [9.17, 15) is 9.59 Å². The Bertz CT molecular complexity index is 424. The van der Waals surface area contributed by atoms with E-state index in [0.717, 1.165) is 51.6 Å². The van der Waals surface area contributed by atoms with Crippen molar-refractivity contribution in [3.8, 4) is 0 Å². The first-order valence-corrected chi connectivity index (χ1v) is 9.27. The minimum absolute atomic E-state index is 0.0497. The highest BCUT2D eigenvalue weighted by molar-refractivity contribution is 5.82. The summed E-state index contributed by atoms with van der Waals surface area (Å²) < 4.78 is 0. The molecule has 0 bridgehead atoms. The van der Waals surface area contributed by atoms with E-state index in [1.807, 2.05) is 30.6 Å². The Morgan fingerprint density at radius 2 is 1.74 bits per heavy atom. The van der Waals surface area contributed by atoms with E-state index >= 15 is 0 Å². The van der Waals surface area contributed by atoms with Crippen LogP contribution in [0.2, 0.25) is 0 Å². The molecular weight excluding hydrogens is 290 g/mol. The monoisotopic (exact) mass is 323 g/mol. The van der Waals surface area contributed by atoms with Crippen LogP contribution in [0.3, 0.4) is 0 Å². The van der Waals surface area contributed by atoms with Crippen molar-refractivity contribution >= 4 is 11.8 Å². The number of likely N-dealkylation sites (tertiary alicyclic amines) is 1. The molecule has 2 amide bonds. The van der Waals surface area contributed by atoms with Crippen LogP contribution in [0, 0.1) is 11.8 Å². The zero-order chi connectivity index (χ0) is 17.0. The molecule has 23 heavy (non-hydrogen) atoms. The van der Waals surface area contributed by atoms with Crippen LogP contribution in [-0.2, 0) is 9.59 Å². The quantitative estimate of drug-likeness (QED) is 0.860. The molecule has 2 N–H and O–H groups in total. The summed E-state index contributed by atoms with van der Waals surface area (Å²) in [6.07, 6.45) is 5.63. The smallest absolute Gasteiger partial charge is 0.227 e. The summed E-state index contributed by atoms with van der Waals surface area (Å²) in [6, 6.07) is 0. The molecule has 2 unspecified atom stereocenters. The predicted octanol–water partition coefficient (Wildman–Crippen LogP) is 2.00. The number of carbonyl (C=O) groups excluding carboxylic acids is 2. The Morgan fingerprint density at radius 1 is 1.13 bits per heavy atom. The zero-order valence-electron chi connectivity index (χ0n) is 15.0. The van der Waals surface area contributed by atoms with E-state index in [-0.39, 0.29) is 29.2 Å². The summed E-state index contributed by atoms with van der Waals surface area (Å²) in [5, 5.41) is 0. The summed E-state index contributed by atoms with van der Waals surface area (Å²) >= 11 is 0. The number of hydrogen-bond donors (Lipinski definition) is 1. The molecule has 0 aromatic heterocycles. The van der Waals surface area contributed by atoms with Crippen molar-refractivity contribution in [1.82, 2.24) is 9.80 Å². The fourth-order valence-electron chi connectivity index (χ4n) is 4.12. The van der Waals surface area contributed by atoms with Crippen molar-refractivity contribution in [1.29, 1.82) is 0 Å². The molecule has 1 saturated carbocycles. The molecule has 0 radical (unpaired) electrons. The van der Waals surface area contributed by atoms with E-state index in [0.29, 0.717) is 13.1 Å². The first kappa shape index (κ1) is 18.2. The highest BCUT2D eigenvalue weighted by Gasteiger charge is 2.41. The summed E-state index contributed by atoms with van der Waals surface area (Å²) in [5.41, 5.74) is 6.00. The maximum atomic E-state index is 12.8. The summed E-state index contributed by atoms with van der Waals surface area (Å²) in [7, 11) is 0. The number of amides is 2. The summed E-state index contributed by atoms with van der Waals surface area (Å²) in [5.74, 6) is 0.493. The van der Waals surface area contributed by atoms with Crippen LogP contribution in [0.25, 0.3) is 0 Å². The fraction of sp³-hybridized carbons (Fsp3) is 0.889. The normalized spacial score (nSPS) is 29.4. The lowest BCUT2D eigenvalue weighted by molar-refractivity contribution is -0.144. The van der Waals surface area contributed by atoms with E-state index in [2.05, 4.69) is 0 Å². The van der Waals surface area contributed by atoms with E-state index in [1.54, 1.807) is 0 Å². The molecule has 1 saturated heterocycles. The molecule has 1 aliphatic carbocycles. The average molecular weight is 323 g/mol. The summed E-state index contributed by atoms with van der Waals surface area (Å²) in [6.45, 7) is 8.98. The van der Waals surface area contributed by atoms with Gasteiger partial charge in [0.1, 0.15) is 0 Å². The lowest BCUT2D eigenvalue weighted by Gasteiger charge is -2.42. The average Bonchev–Trinajstić information content (AvgIpc) is 2.55. The van der Waals surface area contributed by atoms with Gasteiger partial charge in [-0.15, -0.1) is 0 Å². The van der Waals surface area contributed by atoms with Gasteiger partial charge in [0.05, 0.1) is 5.92 Å². The van der Waals surface area contributed by atoms with Gasteiger partial charge in [-0.3, -0.25) is 9.59 Å². The van der Waals surface area contributed by atoms with E-state index in [1.165, 1.54) is 0 Å². The highest BCUT2D eigenvalue weighted by Crippen LogP contribution is 2.34. The molecular formula is C18H33N3O2. The SMILES string of the molecule is CCN(CC)C(=O)C1CCN(C(=O)C2CCCCC2(C)N)CC1. The molecule has 2 atom stereocenters. The third-order valence-corrected chi connectivity index (χ3v) is 5.78. The van der Waals surface area contributed by atoms with Crippen LogP contribution >= 0.6 is 0 Å². The second kappa shape index (κ2) is 7.65. The largest absolute Gasteiger partial charge is 0.343 e. The second-order valence-corrected chi connectivity index (χ2v) is 7.41. The highest BCUT2D eigenvalue weighted by atomic mass is 16.2. The van der Waals surface area contributed by atoms with Gasteiger partial charge in [-0.1, -0.05) is 12.8 Å². The second-order valence-electron chi connectivity index (χ2n) is 7.41. The molecule has 2 fully saturated rings. The number of carbonyl (C=O) groups is 2. The van der Waals surface area contributed by atoms with Crippen LogP contribution in [0.5, 0.6) is 0 Å². The van der Waals surface area contributed by atoms with Crippen LogP contribution < -0.4 is 5.73 Å². The lowest BCUT2D eigenvalue weighted by Crippen LogP contribution is -2.55. The Hall–Kier alpha value is -1.10. The number of piperidine rings is 1. The third kappa shape index (κ3) is 4.06. The standard InChI is InChI=1S/C18H33N3O2/c1-4-20(5-2)16(22)14-9-12-21(13-10-14)17(23)15-8-6-7-11-18(15,3)19/h14-15H,4-13,19H2,1-3H3. The molecule has 0 spiro atoms. The van der Waals surface area contributed by atoms with Gasteiger partial charge < -0.3 is 15.5 Å². The maximum Gasteiger partial charge on any atom is 0.227 e. The van der Waals surface area contributed by atoms with Crippen molar-refractivity contribution in [2.45, 2.75) is 64.8 Å². The topological polar surface area (TPSA) is 66.6 Å². The molecule has 2 aliphatic rings. The van der Waals surface area contributed by atoms with E-state index < -0.39 is 0 Å². The Morgan fingerprint density at radius 3 is 2.26 bits per heavy atom.